The average Bonchev–Trinajstić information content (AvgIpc) is 2.46. The minimum atomic E-state index is -0.427. The standard InChI is InChI=1S/C18H28N2O/c1-11(2)14-9-8-13-6-5-7-16(15(13)10-14)20-18(21)17(19)12(3)4/h8-12,16-17H,5-7,19H2,1-4H3,(H,20,21)/t16-,17+/m1/s1. The summed E-state index contributed by atoms with van der Waals surface area (Å²) in [6.07, 6.45) is 3.23. The van der Waals surface area contributed by atoms with Crippen molar-refractivity contribution < 1.29 is 4.79 Å². The van der Waals surface area contributed by atoms with Crippen LogP contribution < -0.4 is 11.1 Å². The van der Waals surface area contributed by atoms with Crippen LogP contribution in [0.15, 0.2) is 18.2 Å². The van der Waals surface area contributed by atoms with E-state index in [1.807, 2.05) is 13.8 Å². The van der Waals surface area contributed by atoms with Crippen molar-refractivity contribution in [2.45, 2.75) is 65.0 Å². The zero-order chi connectivity index (χ0) is 15.6. The van der Waals surface area contributed by atoms with E-state index in [-0.39, 0.29) is 17.9 Å². The third-order valence-electron chi connectivity index (χ3n) is 4.49. The maximum atomic E-state index is 12.2. The topological polar surface area (TPSA) is 55.1 Å². The molecule has 3 nitrogen and oxygen atoms in total. The van der Waals surface area contributed by atoms with Gasteiger partial charge in [0.1, 0.15) is 0 Å². The first kappa shape index (κ1) is 16.0. The normalized spacial score (nSPS) is 19.5. The Labute approximate surface area is 128 Å². The highest BCUT2D eigenvalue weighted by molar-refractivity contribution is 5.82. The number of hydrogen-bond acceptors (Lipinski definition) is 2. The van der Waals surface area contributed by atoms with Crippen LogP contribution in [0.2, 0.25) is 0 Å². The summed E-state index contributed by atoms with van der Waals surface area (Å²) in [7, 11) is 0. The maximum absolute atomic E-state index is 12.2. The highest BCUT2D eigenvalue weighted by Crippen LogP contribution is 2.32. The molecule has 0 spiro atoms. The fourth-order valence-electron chi connectivity index (χ4n) is 2.90. The lowest BCUT2D eigenvalue weighted by atomic mass is 9.85. The lowest BCUT2D eigenvalue weighted by Gasteiger charge is -2.29. The number of rotatable bonds is 4. The molecule has 0 bridgehead atoms. The van der Waals surface area contributed by atoms with Crippen molar-refractivity contribution in [2.24, 2.45) is 11.7 Å². The second-order valence-corrected chi connectivity index (χ2v) is 6.84. The van der Waals surface area contributed by atoms with Gasteiger partial charge in [0, 0.05) is 0 Å². The molecule has 0 saturated carbocycles. The molecule has 3 heteroatoms. The number of benzene rings is 1. The molecule has 0 heterocycles. The van der Waals surface area contributed by atoms with Crippen molar-refractivity contribution >= 4 is 5.91 Å². The van der Waals surface area contributed by atoms with Crippen LogP contribution in [0, 0.1) is 5.92 Å². The Bertz CT molecular complexity index is 508. The predicted molar refractivity (Wildman–Crippen MR) is 87.2 cm³/mol. The summed E-state index contributed by atoms with van der Waals surface area (Å²) in [4.78, 5) is 12.2. The Morgan fingerprint density at radius 2 is 2.00 bits per heavy atom. The van der Waals surface area contributed by atoms with Gasteiger partial charge in [-0.2, -0.15) is 0 Å². The SMILES string of the molecule is CC(C)c1ccc2c(c1)[C@H](NC(=O)[C@@H](N)C(C)C)CCC2. The third kappa shape index (κ3) is 3.65. The molecule has 1 aliphatic rings. The van der Waals surface area contributed by atoms with E-state index in [4.69, 9.17) is 5.73 Å². The second-order valence-electron chi connectivity index (χ2n) is 6.84. The molecule has 0 radical (unpaired) electrons. The molecule has 1 aromatic rings. The molecular formula is C18H28N2O. The Morgan fingerprint density at radius 1 is 1.29 bits per heavy atom. The van der Waals surface area contributed by atoms with Gasteiger partial charge in [0.15, 0.2) is 0 Å². The van der Waals surface area contributed by atoms with E-state index < -0.39 is 6.04 Å². The molecule has 0 aromatic heterocycles. The van der Waals surface area contributed by atoms with Gasteiger partial charge < -0.3 is 11.1 Å². The van der Waals surface area contributed by atoms with Crippen LogP contribution in [0.3, 0.4) is 0 Å². The lowest BCUT2D eigenvalue weighted by molar-refractivity contribution is -0.124. The van der Waals surface area contributed by atoms with E-state index in [0.29, 0.717) is 5.92 Å². The summed E-state index contributed by atoms with van der Waals surface area (Å²) >= 11 is 0. The van der Waals surface area contributed by atoms with Gasteiger partial charge in [-0.25, -0.2) is 0 Å². The number of amides is 1. The van der Waals surface area contributed by atoms with E-state index in [1.165, 1.54) is 16.7 Å². The van der Waals surface area contributed by atoms with E-state index >= 15 is 0 Å². The number of carbonyl (C=O) groups excluding carboxylic acids is 1. The molecular weight excluding hydrogens is 260 g/mol. The Hall–Kier alpha value is -1.35. The van der Waals surface area contributed by atoms with Gasteiger partial charge in [0.2, 0.25) is 5.91 Å². The van der Waals surface area contributed by atoms with Crippen molar-refractivity contribution in [2.75, 3.05) is 0 Å². The highest BCUT2D eigenvalue weighted by Gasteiger charge is 2.25. The third-order valence-corrected chi connectivity index (χ3v) is 4.49. The number of hydrogen-bond donors (Lipinski definition) is 2. The van der Waals surface area contributed by atoms with Crippen LogP contribution in [0.5, 0.6) is 0 Å². The molecule has 0 unspecified atom stereocenters. The van der Waals surface area contributed by atoms with Crippen molar-refractivity contribution in [1.29, 1.82) is 0 Å². The van der Waals surface area contributed by atoms with Gasteiger partial charge in [-0.3, -0.25) is 4.79 Å². The molecule has 1 aromatic carbocycles. The Kier molecular flexibility index (Phi) is 5.04. The Morgan fingerprint density at radius 3 is 2.62 bits per heavy atom. The summed E-state index contributed by atoms with van der Waals surface area (Å²) in [5.41, 5.74) is 9.96. The monoisotopic (exact) mass is 288 g/mol. The van der Waals surface area contributed by atoms with Crippen molar-refractivity contribution in [3.05, 3.63) is 34.9 Å². The summed E-state index contributed by atoms with van der Waals surface area (Å²) in [5, 5.41) is 3.16. The largest absolute Gasteiger partial charge is 0.348 e. The van der Waals surface area contributed by atoms with E-state index in [2.05, 4.69) is 37.4 Å². The molecule has 2 atom stereocenters. The summed E-state index contributed by atoms with van der Waals surface area (Å²) < 4.78 is 0. The number of aryl methyl sites for hydroxylation is 1. The second kappa shape index (κ2) is 6.61. The van der Waals surface area contributed by atoms with E-state index in [0.717, 1.165) is 19.3 Å². The van der Waals surface area contributed by atoms with Gasteiger partial charge >= 0.3 is 0 Å². The first-order valence-corrected chi connectivity index (χ1v) is 8.08. The number of nitrogens with two attached hydrogens (primary N) is 1. The number of carbonyl (C=O) groups is 1. The van der Waals surface area contributed by atoms with Crippen LogP contribution in [0.25, 0.3) is 0 Å². The smallest absolute Gasteiger partial charge is 0.237 e. The minimum absolute atomic E-state index is 0.0298. The van der Waals surface area contributed by atoms with Crippen molar-refractivity contribution in [3.63, 3.8) is 0 Å². The molecule has 0 fully saturated rings. The van der Waals surface area contributed by atoms with Crippen LogP contribution in [-0.4, -0.2) is 11.9 Å². The van der Waals surface area contributed by atoms with Gasteiger partial charge in [0.25, 0.3) is 0 Å². The summed E-state index contributed by atoms with van der Waals surface area (Å²) in [6, 6.07) is 6.40. The fourth-order valence-corrected chi connectivity index (χ4v) is 2.90. The maximum Gasteiger partial charge on any atom is 0.237 e. The van der Waals surface area contributed by atoms with Crippen LogP contribution in [0.4, 0.5) is 0 Å². The van der Waals surface area contributed by atoms with Crippen molar-refractivity contribution in [1.82, 2.24) is 5.32 Å². The first-order chi connectivity index (χ1) is 9.90. The van der Waals surface area contributed by atoms with Crippen molar-refractivity contribution in [3.8, 4) is 0 Å². The lowest BCUT2D eigenvalue weighted by Crippen LogP contribution is -2.45. The summed E-state index contributed by atoms with van der Waals surface area (Å²) in [6.45, 7) is 8.37. The van der Waals surface area contributed by atoms with Gasteiger partial charge in [-0.1, -0.05) is 45.9 Å². The van der Waals surface area contributed by atoms with Gasteiger partial charge in [0.05, 0.1) is 12.1 Å². The molecule has 116 valence electrons. The number of nitrogens with one attached hydrogen (secondary N) is 1. The molecule has 1 aliphatic carbocycles. The fraction of sp³-hybridized carbons (Fsp3) is 0.611. The molecule has 3 N–H and O–H groups in total. The molecule has 2 rings (SSSR count). The quantitative estimate of drug-likeness (QED) is 0.893. The van der Waals surface area contributed by atoms with Crippen LogP contribution >= 0.6 is 0 Å². The minimum Gasteiger partial charge on any atom is -0.348 e. The van der Waals surface area contributed by atoms with E-state index in [9.17, 15) is 4.79 Å². The van der Waals surface area contributed by atoms with Crippen LogP contribution in [-0.2, 0) is 11.2 Å². The predicted octanol–water partition coefficient (Wildman–Crippen LogP) is 3.29. The van der Waals surface area contributed by atoms with E-state index in [1.54, 1.807) is 0 Å². The Balaban J connectivity index is 2.21. The molecule has 1 amide bonds. The molecule has 0 aliphatic heterocycles. The van der Waals surface area contributed by atoms with Gasteiger partial charge in [-0.15, -0.1) is 0 Å². The van der Waals surface area contributed by atoms with Crippen LogP contribution in [0.1, 0.15) is 69.2 Å². The molecule has 0 saturated heterocycles. The molecule has 21 heavy (non-hydrogen) atoms. The van der Waals surface area contributed by atoms with Gasteiger partial charge in [-0.05, 0) is 47.8 Å². The average molecular weight is 288 g/mol. The zero-order valence-electron chi connectivity index (χ0n) is 13.6. The zero-order valence-corrected chi connectivity index (χ0v) is 13.6. The summed E-state index contributed by atoms with van der Waals surface area (Å²) in [5.74, 6) is 0.638. The highest BCUT2D eigenvalue weighted by atomic mass is 16.2. The first-order valence-electron chi connectivity index (χ1n) is 8.08. The number of fused-ring (bicyclic) bond motifs is 1.